The Morgan fingerprint density at radius 1 is 1.67 bits per heavy atom. The van der Waals surface area contributed by atoms with Crippen molar-refractivity contribution in [2.75, 3.05) is 13.7 Å². The zero-order valence-electron chi connectivity index (χ0n) is 8.00. The SMILES string of the molecule is COc1cc(F)c(Br)c(C(O)CN)c1O. The van der Waals surface area contributed by atoms with Gasteiger partial charge in [0, 0.05) is 18.2 Å². The van der Waals surface area contributed by atoms with Gasteiger partial charge in [0.15, 0.2) is 11.5 Å². The summed E-state index contributed by atoms with van der Waals surface area (Å²) in [6.45, 7) is -0.126. The molecule has 0 saturated carbocycles. The molecule has 0 fully saturated rings. The number of hydrogen-bond donors (Lipinski definition) is 3. The number of ether oxygens (including phenoxy) is 1. The van der Waals surface area contributed by atoms with Gasteiger partial charge in [0.05, 0.1) is 17.7 Å². The predicted molar refractivity (Wildman–Crippen MR) is 56.3 cm³/mol. The first-order valence-electron chi connectivity index (χ1n) is 4.15. The van der Waals surface area contributed by atoms with E-state index in [0.717, 1.165) is 6.07 Å². The van der Waals surface area contributed by atoms with Crippen LogP contribution in [0.4, 0.5) is 4.39 Å². The van der Waals surface area contributed by atoms with E-state index < -0.39 is 11.9 Å². The molecule has 0 aromatic heterocycles. The summed E-state index contributed by atoms with van der Waals surface area (Å²) in [6, 6.07) is 1.02. The van der Waals surface area contributed by atoms with Crippen molar-refractivity contribution >= 4 is 15.9 Å². The van der Waals surface area contributed by atoms with Crippen LogP contribution in [0.15, 0.2) is 10.5 Å². The van der Waals surface area contributed by atoms with Crippen LogP contribution < -0.4 is 10.5 Å². The van der Waals surface area contributed by atoms with E-state index in [4.69, 9.17) is 10.5 Å². The Morgan fingerprint density at radius 3 is 2.73 bits per heavy atom. The molecule has 1 rings (SSSR count). The zero-order chi connectivity index (χ0) is 11.6. The minimum Gasteiger partial charge on any atom is -0.504 e. The molecule has 0 radical (unpaired) electrons. The van der Waals surface area contributed by atoms with Crippen LogP contribution in [0.25, 0.3) is 0 Å². The van der Waals surface area contributed by atoms with Gasteiger partial charge in [-0.2, -0.15) is 0 Å². The molecule has 0 spiro atoms. The number of nitrogens with two attached hydrogens (primary N) is 1. The Labute approximate surface area is 94.6 Å². The van der Waals surface area contributed by atoms with Gasteiger partial charge >= 0.3 is 0 Å². The molecular formula is C9H11BrFNO3. The van der Waals surface area contributed by atoms with Crippen molar-refractivity contribution in [1.29, 1.82) is 0 Å². The second kappa shape index (κ2) is 4.78. The van der Waals surface area contributed by atoms with E-state index in [9.17, 15) is 14.6 Å². The van der Waals surface area contributed by atoms with Crippen LogP contribution in [0.2, 0.25) is 0 Å². The number of phenols is 1. The van der Waals surface area contributed by atoms with Crippen LogP contribution in [0.3, 0.4) is 0 Å². The number of aliphatic hydroxyl groups is 1. The highest BCUT2D eigenvalue weighted by Crippen LogP contribution is 2.40. The van der Waals surface area contributed by atoms with Crippen molar-refractivity contribution in [3.63, 3.8) is 0 Å². The minimum atomic E-state index is -1.15. The van der Waals surface area contributed by atoms with E-state index in [0.29, 0.717) is 0 Å². The standard InChI is InChI=1S/C9H11BrFNO3/c1-15-6-2-4(11)8(10)7(9(6)14)5(13)3-12/h2,5,13-14H,3,12H2,1H3. The largest absolute Gasteiger partial charge is 0.504 e. The molecule has 0 aliphatic rings. The maximum Gasteiger partial charge on any atom is 0.164 e. The molecule has 15 heavy (non-hydrogen) atoms. The molecule has 0 saturated heterocycles. The predicted octanol–water partition coefficient (Wildman–Crippen LogP) is 1.29. The maximum atomic E-state index is 13.3. The number of methoxy groups -OCH3 is 1. The molecule has 84 valence electrons. The van der Waals surface area contributed by atoms with Crippen molar-refractivity contribution in [1.82, 2.24) is 0 Å². The van der Waals surface area contributed by atoms with Gasteiger partial charge in [-0.3, -0.25) is 0 Å². The monoisotopic (exact) mass is 279 g/mol. The molecule has 4 N–H and O–H groups in total. The van der Waals surface area contributed by atoms with Crippen LogP contribution in [0.5, 0.6) is 11.5 Å². The van der Waals surface area contributed by atoms with E-state index in [1.807, 2.05) is 0 Å². The lowest BCUT2D eigenvalue weighted by Gasteiger charge is -2.15. The van der Waals surface area contributed by atoms with Gasteiger partial charge in [-0.05, 0) is 15.9 Å². The number of rotatable bonds is 3. The number of phenolic OH excluding ortho intramolecular Hbond substituents is 1. The van der Waals surface area contributed by atoms with Crippen LogP contribution in [-0.4, -0.2) is 23.9 Å². The average Bonchev–Trinajstić information content (AvgIpc) is 2.23. The van der Waals surface area contributed by atoms with Crippen LogP contribution in [-0.2, 0) is 0 Å². The average molecular weight is 280 g/mol. The van der Waals surface area contributed by atoms with Gasteiger partial charge in [-0.25, -0.2) is 4.39 Å². The van der Waals surface area contributed by atoms with E-state index in [1.165, 1.54) is 7.11 Å². The van der Waals surface area contributed by atoms with E-state index in [1.54, 1.807) is 0 Å². The second-order valence-corrected chi connectivity index (χ2v) is 3.68. The Morgan fingerprint density at radius 2 is 2.27 bits per heavy atom. The van der Waals surface area contributed by atoms with Gasteiger partial charge in [0.1, 0.15) is 5.82 Å². The summed E-state index contributed by atoms with van der Waals surface area (Å²) in [5.74, 6) is -0.992. The molecule has 0 bridgehead atoms. The topological polar surface area (TPSA) is 75.7 Å². The van der Waals surface area contributed by atoms with Gasteiger partial charge in [0.25, 0.3) is 0 Å². The third-order valence-corrected chi connectivity index (χ3v) is 2.77. The van der Waals surface area contributed by atoms with Crippen molar-refractivity contribution in [3.05, 3.63) is 21.9 Å². The Balaban J connectivity index is 3.40. The number of benzene rings is 1. The summed E-state index contributed by atoms with van der Waals surface area (Å²) >= 11 is 2.93. The quantitative estimate of drug-likeness (QED) is 0.780. The first-order valence-corrected chi connectivity index (χ1v) is 4.95. The Bertz CT molecular complexity index is 373. The van der Waals surface area contributed by atoms with Crippen molar-refractivity contribution in [2.45, 2.75) is 6.10 Å². The van der Waals surface area contributed by atoms with Gasteiger partial charge in [0.2, 0.25) is 0 Å². The summed E-state index contributed by atoms with van der Waals surface area (Å²) in [6.07, 6.45) is -1.15. The molecule has 4 nitrogen and oxygen atoms in total. The van der Waals surface area contributed by atoms with Crippen LogP contribution in [0.1, 0.15) is 11.7 Å². The molecule has 0 amide bonds. The lowest BCUT2D eigenvalue weighted by molar-refractivity contribution is 0.180. The molecule has 1 unspecified atom stereocenters. The number of aliphatic hydroxyl groups excluding tert-OH is 1. The third-order valence-electron chi connectivity index (χ3n) is 1.97. The molecule has 0 aliphatic carbocycles. The lowest BCUT2D eigenvalue weighted by atomic mass is 10.1. The number of aromatic hydroxyl groups is 1. The highest BCUT2D eigenvalue weighted by molar-refractivity contribution is 9.10. The van der Waals surface area contributed by atoms with Gasteiger partial charge in [-0.15, -0.1) is 0 Å². The molecule has 1 atom stereocenters. The van der Waals surface area contributed by atoms with Crippen LogP contribution in [0, 0.1) is 5.82 Å². The van der Waals surface area contributed by atoms with Gasteiger partial charge < -0.3 is 20.7 Å². The van der Waals surface area contributed by atoms with E-state index in [-0.39, 0.29) is 28.1 Å². The highest BCUT2D eigenvalue weighted by Gasteiger charge is 2.21. The molecule has 6 heteroatoms. The first kappa shape index (κ1) is 12.2. The smallest absolute Gasteiger partial charge is 0.164 e. The summed E-state index contributed by atoms with van der Waals surface area (Å²) in [7, 11) is 1.29. The Hall–Kier alpha value is -0.850. The fourth-order valence-corrected chi connectivity index (χ4v) is 1.76. The van der Waals surface area contributed by atoms with E-state index in [2.05, 4.69) is 15.9 Å². The molecular weight excluding hydrogens is 269 g/mol. The molecule has 0 heterocycles. The van der Waals surface area contributed by atoms with Crippen LogP contribution >= 0.6 is 15.9 Å². The molecule has 1 aromatic rings. The second-order valence-electron chi connectivity index (χ2n) is 2.89. The normalized spacial score (nSPS) is 12.6. The fourth-order valence-electron chi connectivity index (χ4n) is 1.19. The van der Waals surface area contributed by atoms with Crippen molar-refractivity contribution < 1.29 is 19.3 Å². The summed E-state index contributed by atoms with van der Waals surface area (Å²) in [5.41, 5.74) is 5.23. The molecule has 0 aliphatic heterocycles. The van der Waals surface area contributed by atoms with Crippen molar-refractivity contribution in [2.24, 2.45) is 5.73 Å². The number of hydrogen-bond acceptors (Lipinski definition) is 4. The summed E-state index contributed by atoms with van der Waals surface area (Å²) < 4.78 is 18.1. The first-order chi connectivity index (χ1) is 7.02. The van der Waals surface area contributed by atoms with Crippen molar-refractivity contribution in [3.8, 4) is 11.5 Å². The highest BCUT2D eigenvalue weighted by atomic mass is 79.9. The summed E-state index contributed by atoms with van der Waals surface area (Å²) in [5, 5.41) is 19.2. The Kier molecular flexibility index (Phi) is 3.90. The van der Waals surface area contributed by atoms with E-state index >= 15 is 0 Å². The maximum absolute atomic E-state index is 13.3. The summed E-state index contributed by atoms with van der Waals surface area (Å²) in [4.78, 5) is 0. The fraction of sp³-hybridized carbons (Fsp3) is 0.333. The lowest BCUT2D eigenvalue weighted by Crippen LogP contribution is -2.13. The van der Waals surface area contributed by atoms with Gasteiger partial charge in [-0.1, -0.05) is 0 Å². The number of halogens is 2. The third kappa shape index (κ3) is 2.22. The minimum absolute atomic E-state index is 0.00523. The molecule has 1 aromatic carbocycles. The zero-order valence-corrected chi connectivity index (χ0v) is 9.58.